The van der Waals surface area contributed by atoms with Gasteiger partial charge in [-0.1, -0.05) is 17.2 Å². The normalized spacial score (nSPS) is 13.6. The maximum absolute atomic E-state index is 13.1. The first kappa shape index (κ1) is 12.3. The molecule has 0 unspecified atom stereocenters. The largest absolute Gasteiger partial charge is 0.368 e. The van der Waals surface area contributed by atoms with E-state index in [0.29, 0.717) is 5.06 Å². The first-order valence-electron chi connectivity index (χ1n) is 5.69. The van der Waals surface area contributed by atoms with Crippen molar-refractivity contribution in [2.24, 2.45) is 0 Å². The molecule has 0 saturated heterocycles. The molecule has 3 rings (SSSR count). The number of hydrogen-bond donors (Lipinski definition) is 0. The number of imide groups is 1. The first-order valence-corrected chi connectivity index (χ1v) is 5.69. The van der Waals surface area contributed by atoms with Crippen LogP contribution < -0.4 is 4.84 Å². The van der Waals surface area contributed by atoms with E-state index in [1.165, 1.54) is 12.1 Å². The SMILES string of the molecule is O=C1c2ccccc2C(=O)N1Oc1ccc(F)c(F)c1. The summed E-state index contributed by atoms with van der Waals surface area (Å²) < 4.78 is 25.9. The van der Waals surface area contributed by atoms with Crippen molar-refractivity contribution < 1.29 is 23.2 Å². The van der Waals surface area contributed by atoms with Gasteiger partial charge < -0.3 is 4.84 Å². The molecule has 0 aromatic heterocycles. The first-order chi connectivity index (χ1) is 9.58. The average molecular weight is 275 g/mol. The van der Waals surface area contributed by atoms with Crippen LogP contribution in [0.2, 0.25) is 0 Å². The molecule has 2 aromatic carbocycles. The summed E-state index contributed by atoms with van der Waals surface area (Å²) in [7, 11) is 0. The van der Waals surface area contributed by atoms with E-state index in [9.17, 15) is 18.4 Å². The zero-order valence-electron chi connectivity index (χ0n) is 9.97. The van der Waals surface area contributed by atoms with Crippen LogP contribution >= 0.6 is 0 Å². The molecule has 0 bridgehead atoms. The average Bonchev–Trinajstić information content (AvgIpc) is 2.69. The highest BCUT2D eigenvalue weighted by atomic mass is 19.2. The molecule has 0 atom stereocenters. The molecule has 4 nitrogen and oxygen atoms in total. The molecule has 0 aliphatic carbocycles. The molecule has 100 valence electrons. The summed E-state index contributed by atoms with van der Waals surface area (Å²) >= 11 is 0. The highest BCUT2D eigenvalue weighted by Gasteiger charge is 2.37. The van der Waals surface area contributed by atoms with Crippen LogP contribution in [-0.4, -0.2) is 16.9 Å². The number of carbonyl (C=O) groups excluding carboxylic acids is 2. The maximum atomic E-state index is 13.1. The zero-order valence-corrected chi connectivity index (χ0v) is 9.97. The van der Waals surface area contributed by atoms with Gasteiger partial charge in [0.15, 0.2) is 17.4 Å². The van der Waals surface area contributed by atoms with Crippen molar-refractivity contribution in [3.05, 3.63) is 65.2 Å². The minimum absolute atomic E-state index is 0.140. The molecule has 0 fully saturated rings. The third-order valence-electron chi connectivity index (χ3n) is 2.84. The van der Waals surface area contributed by atoms with Gasteiger partial charge in [-0.3, -0.25) is 9.59 Å². The van der Waals surface area contributed by atoms with Crippen LogP contribution in [0, 0.1) is 11.6 Å². The van der Waals surface area contributed by atoms with Crippen molar-refractivity contribution in [2.45, 2.75) is 0 Å². The van der Waals surface area contributed by atoms with Crippen LogP contribution in [0.4, 0.5) is 8.78 Å². The number of halogens is 2. The molecule has 1 heterocycles. The number of hydrogen-bond acceptors (Lipinski definition) is 3. The topological polar surface area (TPSA) is 46.6 Å². The molecule has 0 N–H and O–H groups in total. The number of carbonyl (C=O) groups is 2. The highest BCUT2D eigenvalue weighted by molar-refractivity contribution is 6.20. The van der Waals surface area contributed by atoms with Crippen molar-refractivity contribution in [2.75, 3.05) is 0 Å². The molecule has 1 aliphatic rings. The fraction of sp³-hybridized carbons (Fsp3) is 0. The fourth-order valence-electron chi connectivity index (χ4n) is 1.89. The maximum Gasteiger partial charge on any atom is 0.295 e. The lowest BCUT2D eigenvalue weighted by Crippen LogP contribution is -2.33. The summed E-state index contributed by atoms with van der Waals surface area (Å²) in [5.41, 5.74) is 0.417. The van der Waals surface area contributed by atoms with Gasteiger partial charge in [-0.15, -0.1) is 0 Å². The van der Waals surface area contributed by atoms with Gasteiger partial charge in [0.05, 0.1) is 11.1 Å². The number of amides is 2. The van der Waals surface area contributed by atoms with E-state index < -0.39 is 23.4 Å². The second-order valence-electron chi connectivity index (χ2n) is 4.12. The predicted octanol–water partition coefficient (Wildman–Crippen LogP) is 2.55. The third kappa shape index (κ3) is 1.82. The Balaban J connectivity index is 1.91. The number of nitrogens with zero attached hydrogens (tertiary/aromatic N) is 1. The summed E-state index contributed by atoms with van der Waals surface area (Å²) in [5, 5.41) is 0.525. The van der Waals surface area contributed by atoms with Crippen molar-refractivity contribution in [3.8, 4) is 5.75 Å². The molecule has 0 spiro atoms. The molecule has 2 aromatic rings. The van der Waals surface area contributed by atoms with Crippen LogP contribution in [0.25, 0.3) is 0 Å². The Labute approximate surface area is 112 Å². The minimum atomic E-state index is -1.13. The summed E-state index contributed by atoms with van der Waals surface area (Å²) in [5.74, 6) is -3.59. The Hall–Kier alpha value is -2.76. The quantitative estimate of drug-likeness (QED) is 0.791. The Morgan fingerprint density at radius 1 is 0.850 bits per heavy atom. The number of rotatable bonds is 2. The molecule has 1 aliphatic heterocycles. The smallest absolute Gasteiger partial charge is 0.295 e. The second-order valence-corrected chi connectivity index (χ2v) is 4.12. The second kappa shape index (κ2) is 4.41. The van der Waals surface area contributed by atoms with Crippen molar-refractivity contribution in [1.29, 1.82) is 0 Å². The number of benzene rings is 2. The van der Waals surface area contributed by atoms with E-state index in [0.717, 1.165) is 18.2 Å². The Morgan fingerprint density at radius 3 is 2.00 bits per heavy atom. The van der Waals surface area contributed by atoms with Crippen LogP contribution in [0.3, 0.4) is 0 Å². The monoisotopic (exact) mass is 275 g/mol. The predicted molar refractivity (Wildman–Crippen MR) is 63.9 cm³/mol. The van der Waals surface area contributed by atoms with Crippen molar-refractivity contribution >= 4 is 11.8 Å². The van der Waals surface area contributed by atoms with Gasteiger partial charge in [0.25, 0.3) is 11.8 Å². The van der Waals surface area contributed by atoms with Crippen LogP contribution in [0.5, 0.6) is 5.75 Å². The Bertz CT molecular complexity index is 695. The Kier molecular flexibility index (Phi) is 2.71. The molecular weight excluding hydrogens is 268 g/mol. The van der Waals surface area contributed by atoms with Gasteiger partial charge in [0, 0.05) is 6.07 Å². The van der Waals surface area contributed by atoms with Crippen LogP contribution in [0.15, 0.2) is 42.5 Å². The van der Waals surface area contributed by atoms with Gasteiger partial charge in [-0.25, -0.2) is 8.78 Å². The van der Waals surface area contributed by atoms with E-state index in [1.807, 2.05) is 0 Å². The summed E-state index contributed by atoms with van der Waals surface area (Å²) in [4.78, 5) is 29.0. The third-order valence-corrected chi connectivity index (χ3v) is 2.84. The van der Waals surface area contributed by atoms with E-state index in [2.05, 4.69) is 0 Å². The summed E-state index contributed by atoms with van der Waals surface area (Å²) in [6.07, 6.45) is 0. The molecule has 0 radical (unpaired) electrons. The van der Waals surface area contributed by atoms with E-state index >= 15 is 0 Å². The zero-order chi connectivity index (χ0) is 14.3. The van der Waals surface area contributed by atoms with Gasteiger partial charge in [0.2, 0.25) is 0 Å². The lowest BCUT2D eigenvalue weighted by atomic mass is 10.1. The van der Waals surface area contributed by atoms with E-state index in [1.54, 1.807) is 12.1 Å². The van der Waals surface area contributed by atoms with E-state index in [4.69, 9.17) is 4.84 Å². The van der Waals surface area contributed by atoms with Crippen molar-refractivity contribution in [1.82, 2.24) is 5.06 Å². The Morgan fingerprint density at radius 2 is 1.45 bits per heavy atom. The molecule has 6 heteroatoms. The fourth-order valence-corrected chi connectivity index (χ4v) is 1.89. The van der Waals surface area contributed by atoms with E-state index in [-0.39, 0.29) is 16.9 Å². The highest BCUT2D eigenvalue weighted by Crippen LogP contribution is 2.25. The molecular formula is C14H7F2NO3. The number of hydroxylamine groups is 2. The molecule has 0 saturated carbocycles. The molecule has 20 heavy (non-hydrogen) atoms. The standard InChI is InChI=1S/C14H7F2NO3/c15-11-6-5-8(7-12(11)16)20-17-13(18)9-3-1-2-4-10(9)14(17)19/h1-7H. The number of fused-ring (bicyclic) bond motifs is 1. The van der Waals surface area contributed by atoms with Gasteiger partial charge >= 0.3 is 0 Å². The minimum Gasteiger partial charge on any atom is -0.368 e. The molecule has 2 amide bonds. The lowest BCUT2D eigenvalue weighted by molar-refractivity contribution is -0.0143. The van der Waals surface area contributed by atoms with Gasteiger partial charge in [-0.05, 0) is 24.3 Å². The van der Waals surface area contributed by atoms with Gasteiger partial charge in [0.1, 0.15) is 0 Å². The van der Waals surface area contributed by atoms with Crippen molar-refractivity contribution in [3.63, 3.8) is 0 Å². The van der Waals surface area contributed by atoms with Crippen LogP contribution in [-0.2, 0) is 0 Å². The summed E-state index contributed by atoms with van der Waals surface area (Å²) in [6, 6.07) is 8.95. The summed E-state index contributed by atoms with van der Waals surface area (Å²) in [6.45, 7) is 0. The van der Waals surface area contributed by atoms with Crippen LogP contribution in [0.1, 0.15) is 20.7 Å². The lowest BCUT2D eigenvalue weighted by Gasteiger charge is -2.14. The van der Waals surface area contributed by atoms with Gasteiger partial charge in [-0.2, -0.15) is 0 Å².